The summed E-state index contributed by atoms with van der Waals surface area (Å²) in [5.41, 5.74) is 3.40. The van der Waals surface area contributed by atoms with E-state index in [2.05, 4.69) is 51.3 Å². The van der Waals surface area contributed by atoms with Crippen molar-refractivity contribution in [1.82, 2.24) is 4.90 Å². The van der Waals surface area contributed by atoms with Crippen LogP contribution in [0, 0.1) is 11.8 Å². The van der Waals surface area contributed by atoms with Crippen molar-refractivity contribution >= 4 is 45.9 Å². The van der Waals surface area contributed by atoms with E-state index in [0.29, 0.717) is 24.3 Å². The van der Waals surface area contributed by atoms with Crippen LogP contribution in [-0.4, -0.2) is 29.9 Å². The third-order valence-corrected chi connectivity index (χ3v) is 9.13. The van der Waals surface area contributed by atoms with Crippen LogP contribution in [0.2, 0.25) is 0 Å². The number of carbonyl (C=O) groups excluding carboxylic acids is 1. The molecule has 4 nitrogen and oxygen atoms in total. The van der Waals surface area contributed by atoms with Gasteiger partial charge in [-0.15, -0.1) is 22.7 Å². The highest BCUT2D eigenvalue weighted by molar-refractivity contribution is 7.11. The van der Waals surface area contributed by atoms with Crippen LogP contribution >= 0.6 is 22.7 Å². The number of amides is 1. The zero-order valence-electron chi connectivity index (χ0n) is 22.2. The Balaban J connectivity index is 1.75. The van der Waals surface area contributed by atoms with Gasteiger partial charge in [0.25, 0.3) is 5.91 Å². The second-order valence-corrected chi connectivity index (χ2v) is 11.8. The van der Waals surface area contributed by atoms with E-state index in [0.717, 1.165) is 64.5 Å². The molecule has 2 aromatic heterocycles. The number of fused-ring (bicyclic) bond motifs is 1. The molecule has 2 atom stereocenters. The first-order valence-electron chi connectivity index (χ1n) is 13.7. The van der Waals surface area contributed by atoms with Crippen molar-refractivity contribution in [2.45, 2.75) is 79.1 Å². The van der Waals surface area contributed by atoms with E-state index in [1.165, 1.54) is 25.7 Å². The molecule has 2 aliphatic rings. The largest absolute Gasteiger partial charge is 0.477 e. The number of hydrogen-bond donors (Lipinski definition) is 0. The van der Waals surface area contributed by atoms with Crippen molar-refractivity contribution in [3.63, 3.8) is 0 Å². The normalized spacial score (nSPS) is 17.2. The molecule has 0 fully saturated rings. The van der Waals surface area contributed by atoms with Gasteiger partial charge in [-0.2, -0.15) is 0 Å². The van der Waals surface area contributed by atoms with Gasteiger partial charge in [-0.05, 0) is 47.6 Å². The third-order valence-electron chi connectivity index (χ3n) is 7.37. The van der Waals surface area contributed by atoms with E-state index in [-0.39, 0.29) is 5.91 Å². The van der Waals surface area contributed by atoms with Gasteiger partial charge in [0.05, 0.1) is 38.9 Å². The highest BCUT2D eigenvalue weighted by Crippen LogP contribution is 2.47. The molecule has 194 valence electrons. The van der Waals surface area contributed by atoms with Crippen molar-refractivity contribution in [2.75, 3.05) is 13.2 Å². The summed E-state index contributed by atoms with van der Waals surface area (Å²) in [6.07, 6.45) is 9.25. The molecule has 0 N–H and O–H groups in total. The number of ether oxygens (including phenoxy) is 1. The molecule has 0 bridgehead atoms. The molecule has 2 aromatic rings. The first-order valence-corrected chi connectivity index (χ1v) is 15.5. The van der Waals surface area contributed by atoms with Gasteiger partial charge in [-0.1, -0.05) is 78.4 Å². The molecule has 2 aliphatic heterocycles. The molecule has 4 rings (SSSR count). The first-order chi connectivity index (χ1) is 17.6. The summed E-state index contributed by atoms with van der Waals surface area (Å²) < 4.78 is 6.50. The number of carbonyl (C=O) groups is 1. The molecule has 2 unspecified atom stereocenters. The Morgan fingerprint density at radius 3 is 2.11 bits per heavy atom. The van der Waals surface area contributed by atoms with Crippen LogP contribution in [0.15, 0.2) is 51.2 Å². The van der Waals surface area contributed by atoms with Crippen LogP contribution in [0.1, 0.15) is 88.8 Å². The molecule has 6 heteroatoms. The molecule has 0 spiro atoms. The molecular formula is C30H40N2O2S2. The second-order valence-electron chi connectivity index (χ2n) is 9.88. The van der Waals surface area contributed by atoms with Gasteiger partial charge in [-0.25, -0.2) is 4.99 Å². The van der Waals surface area contributed by atoms with Gasteiger partial charge < -0.3 is 9.64 Å². The van der Waals surface area contributed by atoms with Gasteiger partial charge >= 0.3 is 0 Å². The Morgan fingerprint density at radius 2 is 1.53 bits per heavy atom. The molecule has 0 radical (unpaired) electrons. The first kappa shape index (κ1) is 26.9. The zero-order valence-corrected chi connectivity index (χ0v) is 23.9. The lowest BCUT2D eigenvalue weighted by atomic mass is 9.98. The van der Waals surface area contributed by atoms with Crippen molar-refractivity contribution in [3.05, 3.63) is 55.9 Å². The van der Waals surface area contributed by atoms with Crippen LogP contribution in [0.5, 0.6) is 0 Å². The standard InChI is InChI=1S/C30H40N2O2S2/c1-5-9-13-21(7-3)19-32-28(24-16-12-18-36-24)26-25(30(32)33)27(23-15-11-17-35-23)31-29(26)34-20-22(8-4)14-10-6-2/h11-12,15-18,21-22H,5-10,13-14,19-20H2,1-4H3. The highest BCUT2D eigenvalue weighted by atomic mass is 32.1. The predicted molar refractivity (Wildman–Crippen MR) is 154 cm³/mol. The Morgan fingerprint density at radius 1 is 0.889 bits per heavy atom. The predicted octanol–water partition coefficient (Wildman–Crippen LogP) is 8.64. The van der Waals surface area contributed by atoms with Crippen LogP contribution in [0.4, 0.5) is 0 Å². The Hall–Kier alpha value is -2.18. The fraction of sp³-hybridized carbons (Fsp3) is 0.533. The van der Waals surface area contributed by atoms with E-state index >= 15 is 0 Å². The van der Waals surface area contributed by atoms with Crippen molar-refractivity contribution in [1.29, 1.82) is 0 Å². The number of rotatable bonds is 14. The van der Waals surface area contributed by atoms with Gasteiger partial charge in [0.1, 0.15) is 0 Å². The van der Waals surface area contributed by atoms with Crippen LogP contribution in [-0.2, 0) is 9.53 Å². The minimum Gasteiger partial charge on any atom is -0.477 e. The monoisotopic (exact) mass is 524 g/mol. The fourth-order valence-electron chi connectivity index (χ4n) is 5.05. The summed E-state index contributed by atoms with van der Waals surface area (Å²) in [5.74, 6) is 1.68. The van der Waals surface area contributed by atoms with Crippen LogP contribution in [0.25, 0.3) is 11.4 Å². The summed E-state index contributed by atoms with van der Waals surface area (Å²) in [5, 5.41) is 4.14. The molecule has 4 heterocycles. The zero-order chi connectivity index (χ0) is 25.5. The maximum absolute atomic E-state index is 14.1. The number of hydrogen-bond acceptors (Lipinski definition) is 5. The molecule has 0 aromatic carbocycles. The fourth-order valence-corrected chi connectivity index (χ4v) is 6.55. The van der Waals surface area contributed by atoms with Gasteiger partial charge in [0, 0.05) is 6.54 Å². The van der Waals surface area contributed by atoms with Crippen molar-refractivity contribution in [3.8, 4) is 0 Å². The van der Waals surface area contributed by atoms with E-state index in [1.807, 2.05) is 16.3 Å². The minimum atomic E-state index is 0.0760. The molecule has 0 aliphatic carbocycles. The lowest BCUT2D eigenvalue weighted by Gasteiger charge is -2.26. The topological polar surface area (TPSA) is 41.9 Å². The minimum absolute atomic E-state index is 0.0760. The summed E-state index contributed by atoms with van der Waals surface area (Å²) in [6.45, 7) is 10.3. The number of nitrogens with zero attached hydrogens (tertiary/aromatic N) is 2. The summed E-state index contributed by atoms with van der Waals surface area (Å²) in [4.78, 5) is 23.3. The summed E-state index contributed by atoms with van der Waals surface area (Å²) in [7, 11) is 0. The molecule has 36 heavy (non-hydrogen) atoms. The highest BCUT2D eigenvalue weighted by Gasteiger charge is 2.45. The SMILES string of the molecule is CCCCC(CC)COC1=NC(c2cccs2)=C2C(=O)N(CC(CC)CCCC)C(c3cccs3)=C12. The smallest absolute Gasteiger partial charge is 0.261 e. The molecular weight excluding hydrogens is 484 g/mol. The van der Waals surface area contributed by atoms with E-state index in [1.54, 1.807) is 22.7 Å². The van der Waals surface area contributed by atoms with Gasteiger partial charge in [0.2, 0.25) is 5.90 Å². The van der Waals surface area contributed by atoms with Crippen LogP contribution < -0.4 is 0 Å². The molecule has 0 saturated carbocycles. The van der Waals surface area contributed by atoms with Crippen molar-refractivity contribution in [2.24, 2.45) is 16.8 Å². The Bertz CT molecular complexity index is 1100. The van der Waals surface area contributed by atoms with E-state index in [9.17, 15) is 4.79 Å². The average Bonchev–Trinajstić information content (AvgIpc) is 3.69. The van der Waals surface area contributed by atoms with Crippen molar-refractivity contribution < 1.29 is 9.53 Å². The lowest BCUT2D eigenvalue weighted by molar-refractivity contribution is -0.123. The Labute approximate surface area is 224 Å². The molecule has 1 amide bonds. The number of unbranched alkanes of at least 4 members (excludes halogenated alkanes) is 2. The third kappa shape index (κ3) is 5.70. The average molecular weight is 525 g/mol. The van der Waals surface area contributed by atoms with Gasteiger partial charge in [0.15, 0.2) is 0 Å². The second kappa shape index (κ2) is 12.9. The maximum atomic E-state index is 14.1. The number of thiophene rings is 2. The number of aliphatic imine (C=N–C) groups is 1. The van der Waals surface area contributed by atoms with E-state index < -0.39 is 0 Å². The summed E-state index contributed by atoms with van der Waals surface area (Å²) in [6, 6.07) is 8.28. The van der Waals surface area contributed by atoms with E-state index in [4.69, 9.17) is 9.73 Å². The summed E-state index contributed by atoms with van der Waals surface area (Å²) >= 11 is 3.32. The van der Waals surface area contributed by atoms with Gasteiger partial charge in [-0.3, -0.25) is 4.79 Å². The lowest BCUT2D eigenvalue weighted by Crippen LogP contribution is -2.31. The Kier molecular flexibility index (Phi) is 9.60. The quantitative estimate of drug-likeness (QED) is 0.248. The van der Waals surface area contributed by atoms with Crippen LogP contribution in [0.3, 0.4) is 0 Å². The molecule has 0 saturated heterocycles. The maximum Gasteiger partial charge on any atom is 0.261 e.